The van der Waals surface area contributed by atoms with Crippen LogP contribution in [0.25, 0.3) is 11.1 Å². The van der Waals surface area contributed by atoms with Crippen LogP contribution in [0.2, 0.25) is 0 Å². The predicted octanol–water partition coefficient (Wildman–Crippen LogP) is 6.71. The second-order valence-electron chi connectivity index (χ2n) is 8.54. The van der Waals surface area contributed by atoms with Gasteiger partial charge in [-0.3, -0.25) is 4.79 Å². The maximum Gasteiger partial charge on any atom is 0.416 e. The van der Waals surface area contributed by atoms with E-state index < -0.39 is 17.7 Å². The highest BCUT2D eigenvalue weighted by atomic mass is 19.4. The molecule has 3 N–H and O–H groups in total. The number of hydrogen-bond donors (Lipinski definition) is 3. The molecule has 8 heteroatoms. The number of alkyl halides is 3. The number of nitrogens with one attached hydrogen (secondary N) is 2. The molecule has 0 aliphatic rings. The minimum atomic E-state index is -4.35. The summed E-state index contributed by atoms with van der Waals surface area (Å²) < 4.78 is 44.3. The Balaban J connectivity index is 1.63. The van der Waals surface area contributed by atoms with E-state index >= 15 is 0 Å². The highest BCUT2D eigenvalue weighted by Gasteiger charge is 2.29. The standard InChI is InChI=1S/C28H31F3N2O3/c1-2-17-36-19-26(33-25-13-11-24(12-14-25)32-16-15-27(34)35)18-20-3-5-21(6-4-20)22-7-9-23(10-8-22)28(29,30)31/h3-14,26,32-33H,2,15-19H2,1H3,(H,34,35)/t26-/m0/s1. The number of rotatable bonds is 13. The monoisotopic (exact) mass is 500 g/mol. The number of benzene rings is 3. The summed E-state index contributed by atoms with van der Waals surface area (Å²) in [4.78, 5) is 10.7. The zero-order chi connectivity index (χ0) is 26.0. The van der Waals surface area contributed by atoms with Crippen molar-refractivity contribution in [2.45, 2.75) is 38.4 Å². The van der Waals surface area contributed by atoms with E-state index in [1.807, 2.05) is 48.5 Å². The zero-order valence-corrected chi connectivity index (χ0v) is 20.1. The van der Waals surface area contributed by atoms with Gasteiger partial charge in [-0.15, -0.1) is 0 Å². The molecular weight excluding hydrogens is 469 g/mol. The predicted molar refractivity (Wildman–Crippen MR) is 136 cm³/mol. The lowest BCUT2D eigenvalue weighted by Gasteiger charge is -2.21. The molecule has 0 fully saturated rings. The van der Waals surface area contributed by atoms with E-state index in [0.717, 1.165) is 46.6 Å². The molecule has 3 aromatic rings. The second kappa shape index (κ2) is 13.0. The van der Waals surface area contributed by atoms with Crippen molar-refractivity contribution in [3.8, 4) is 11.1 Å². The van der Waals surface area contributed by atoms with Crippen LogP contribution >= 0.6 is 0 Å². The van der Waals surface area contributed by atoms with Gasteiger partial charge < -0.3 is 20.5 Å². The van der Waals surface area contributed by atoms with Crippen molar-refractivity contribution < 1.29 is 27.8 Å². The Labute approximate surface area is 209 Å². The molecule has 0 amide bonds. The van der Waals surface area contributed by atoms with Gasteiger partial charge in [0.05, 0.1) is 24.6 Å². The van der Waals surface area contributed by atoms with E-state index in [1.165, 1.54) is 12.1 Å². The second-order valence-corrected chi connectivity index (χ2v) is 8.54. The van der Waals surface area contributed by atoms with Gasteiger partial charge in [0.15, 0.2) is 0 Å². The van der Waals surface area contributed by atoms with E-state index in [-0.39, 0.29) is 12.5 Å². The molecule has 0 saturated heterocycles. The third-order valence-electron chi connectivity index (χ3n) is 5.57. The summed E-state index contributed by atoms with van der Waals surface area (Å²) in [5.74, 6) is -0.844. The molecule has 0 spiro atoms. The van der Waals surface area contributed by atoms with E-state index in [2.05, 4.69) is 17.6 Å². The maximum atomic E-state index is 12.8. The van der Waals surface area contributed by atoms with Crippen molar-refractivity contribution in [2.75, 3.05) is 30.4 Å². The van der Waals surface area contributed by atoms with Crippen LogP contribution in [0.4, 0.5) is 24.5 Å². The van der Waals surface area contributed by atoms with Crippen LogP contribution in [0.5, 0.6) is 0 Å². The molecular formula is C28H31F3N2O3. The Kier molecular flexibility index (Phi) is 9.76. The van der Waals surface area contributed by atoms with Crippen LogP contribution in [0.15, 0.2) is 72.8 Å². The summed E-state index contributed by atoms with van der Waals surface area (Å²) in [6.07, 6.45) is -2.67. The Morgan fingerprint density at radius 1 is 0.917 bits per heavy atom. The van der Waals surface area contributed by atoms with Gasteiger partial charge in [0, 0.05) is 24.5 Å². The summed E-state index contributed by atoms with van der Waals surface area (Å²) in [6, 6.07) is 20.6. The Bertz CT molecular complexity index is 1080. The molecule has 0 saturated carbocycles. The van der Waals surface area contributed by atoms with Crippen LogP contribution in [0, 0.1) is 0 Å². The fourth-order valence-electron chi connectivity index (χ4n) is 3.72. The molecule has 3 rings (SSSR count). The maximum absolute atomic E-state index is 12.8. The molecule has 0 unspecified atom stereocenters. The minimum absolute atomic E-state index is 0.0132. The van der Waals surface area contributed by atoms with Crippen molar-refractivity contribution in [1.29, 1.82) is 0 Å². The summed E-state index contributed by atoms with van der Waals surface area (Å²) in [6.45, 7) is 3.60. The first kappa shape index (κ1) is 27.1. The fourth-order valence-corrected chi connectivity index (χ4v) is 3.72. The number of anilines is 2. The van der Waals surface area contributed by atoms with Gasteiger partial charge in [-0.1, -0.05) is 43.3 Å². The quantitative estimate of drug-likeness (QED) is 0.228. The SMILES string of the molecule is CCCOC[C@H](Cc1ccc(-c2ccc(C(F)(F)F)cc2)cc1)Nc1ccc(NCCC(=O)O)cc1. The van der Waals surface area contributed by atoms with E-state index in [4.69, 9.17) is 9.84 Å². The van der Waals surface area contributed by atoms with Gasteiger partial charge in [0.2, 0.25) is 0 Å². The Hall–Kier alpha value is -3.52. The summed E-state index contributed by atoms with van der Waals surface area (Å²) in [5, 5.41) is 15.3. The highest BCUT2D eigenvalue weighted by Crippen LogP contribution is 2.31. The van der Waals surface area contributed by atoms with Gasteiger partial charge >= 0.3 is 12.1 Å². The van der Waals surface area contributed by atoms with E-state index in [0.29, 0.717) is 26.2 Å². The van der Waals surface area contributed by atoms with Crippen LogP contribution in [0.1, 0.15) is 30.9 Å². The molecule has 1 atom stereocenters. The van der Waals surface area contributed by atoms with Crippen LogP contribution in [-0.4, -0.2) is 36.9 Å². The number of ether oxygens (including phenoxy) is 1. The van der Waals surface area contributed by atoms with Gasteiger partial charge in [-0.2, -0.15) is 13.2 Å². The van der Waals surface area contributed by atoms with Gasteiger partial charge in [-0.25, -0.2) is 0 Å². The number of carbonyl (C=O) groups is 1. The summed E-state index contributed by atoms with van der Waals surface area (Å²) in [7, 11) is 0. The Morgan fingerprint density at radius 2 is 1.50 bits per heavy atom. The Morgan fingerprint density at radius 3 is 2.06 bits per heavy atom. The van der Waals surface area contributed by atoms with Gasteiger partial charge in [0.1, 0.15) is 0 Å². The molecule has 3 aromatic carbocycles. The van der Waals surface area contributed by atoms with Crippen molar-refractivity contribution in [2.24, 2.45) is 0 Å². The zero-order valence-electron chi connectivity index (χ0n) is 20.1. The summed E-state index contributed by atoms with van der Waals surface area (Å²) >= 11 is 0. The van der Waals surface area contributed by atoms with Crippen LogP contribution in [0.3, 0.4) is 0 Å². The van der Waals surface area contributed by atoms with E-state index in [9.17, 15) is 18.0 Å². The van der Waals surface area contributed by atoms with Crippen molar-refractivity contribution in [3.63, 3.8) is 0 Å². The average molecular weight is 501 g/mol. The lowest BCUT2D eigenvalue weighted by Crippen LogP contribution is -2.28. The van der Waals surface area contributed by atoms with Gasteiger partial charge in [0.25, 0.3) is 0 Å². The van der Waals surface area contributed by atoms with E-state index in [1.54, 1.807) is 0 Å². The third-order valence-corrected chi connectivity index (χ3v) is 5.57. The first-order valence-corrected chi connectivity index (χ1v) is 11.9. The molecule has 192 valence electrons. The minimum Gasteiger partial charge on any atom is -0.481 e. The largest absolute Gasteiger partial charge is 0.481 e. The molecule has 0 heterocycles. The average Bonchev–Trinajstić information content (AvgIpc) is 2.85. The first-order valence-electron chi connectivity index (χ1n) is 11.9. The highest BCUT2D eigenvalue weighted by molar-refractivity contribution is 5.67. The number of carboxylic acids is 1. The van der Waals surface area contributed by atoms with Crippen LogP contribution < -0.4 is 10.6 Å². The van der Waals surface area contributed by atoms with Crippen LogP contribution in [-0.2, 0) is 22.1 Å². The van der Waals surface area contributed by atoms with Crippen molar-refractivity contribution in [1.82, 2.24) is 0 Å². The fraction of sp³-hybridized carbons (Fsp3) is 0.321. The molecule has 0 radical (unpaired) electrons. The number of aliphatic carboxylic acids is 1. The normalized spacial score (nSPS) is 12.2. The smallest absolute Gasteiger partial charge is 0.416 e. The third kappa shape index (κ3) is 8.61. The number of carboxylic acid groups (broad SMARTS) is 1. The molecule has 0 bridgehead atoms. The molecule has 0 aliphatic carbocycles. The first-order chi connectivity index (χ1) is 17.2. The molecule has 0 aromatic heterocycles. The van der Waals surface area contributed by atoms with Gasteiger partial charge in [-0.05, 0) is 65.9 Å². The lowest BCUT2D eigenvalue weighted by atomic mass is 10.00. The summed E-state index contributed by atoms with van der Waals surface area (Å²) in [5.41, 5.74) is 3.77. The number of halogens is 3. The molecule has 5 nitrogen and oxygen atoms in total. The van der Waals surface area contributed by atoms with Crippen molar-refractivity contribution >= 4 is 17.3 Å². The lowest BCUT2D eigenvalue weighted by molar-refractivity contribution is -0.138. The number of hydrogen-bond acceptors (Lipinski definition) is 4. The van der Waals surface area contributed by atoms with Crippen molar-refractivity contribution in [3.05, 3.63) is 83.9 Å². The molecule has 36 heavy (non-hydrogen) atoms. The molecule has 0 aliphatic heterocycles. The topological polar surface area (TPSA) is 70.6 Å².